The normalized spacial score (nSPS) is 23.8. The van der Waals surface area contributed by atoms with Crippen molar-refractivity contribution in [3.63, 3.8) is 0 Å². The molecule has 0 radical (unpaired) electrons. The Morgan fingerprint density at radius 1 is 1.41 bits per heavy atom. The van der Waals surface area contributed by atoms with Crippen molar-refractivity contribution in [2.75, 3.05) is 33.4 Å². The van der Waals surface area contributed by atoms with Crippen LogP contribution in [0.3, 0.4) is 0 Å². The predicted molar refractivity (Wildman–Crippen MR) is 85.7 cm³/mol. The van der Waals surface area contributed by atoms with Gasteiger partial charge in [-0.1, -0.05) is 12.5 Å². The van der Waals surface area contributed by atoms with E-state index in [1.165, 1.54) is 11.3 Å². The summed E-state index contributed by atoms with van der Waals surface area (Å²) < 4.78 is 11.3. The Morgan fingerprint density at radius 2 is 2.23 bits per heavy atom. The fourth-order valence-corrected chi connectivity index (χ4v) is 3.90. The molecular weight excluding hydrogens is 300 g/mol. The molecular formula is C16H24N2O3S. The van der Waals surface area contributed by atoms with E-state index in [-0.39, 0.29) is 18.2 Å². The van der Waals surface area contributed by atoms with Gasteiger partial charge in [-0.2, -0.15) is 0 Å². The number of thiophene rings is 1. The molecule has 0 spiro atoms. The molecule has 3 rings (SSSR count). The summed E-state index contributed by atoms with van der Waals surface area (Å²) in [5.74, 6) is 0.165. The van der Waals surface area contributed by atoms with Gasteiger partial charge in [0, 0.05) is 11.9 Å². The quantitative estimate of drug-likeness (QED) is 0.830. The maximum atomic E-state index is 12.5. The van der Waals surface area contributed by atoms with Crippen LogP contribution in [0.25, 0.3) is 0 Å². The average Bonchev–Trinajstić information content (AvgIpc) is 3.21. The van der Waals surface area contributed by atoms with E-state index in [2.05, 4.69) is 11.0 Å². The van der Waals surface area contributed by atoms with Crippen LogP contribution >= 0.6 is 11.3 Å². The standard InChI is InChI=1S/C16H24N2O3S/c1-17(11-13-5-4-10-22-13)15(19)12-18-7-3-2-6-14(18)16-20-8-9-21-16/h4-5,10,14,16H,2-3,6-9,11-12H2,1H3. The third-order valence-electron chi connectivity index (χ3n) is 4.36. The molecule has 0 aliphatic carbocycles. The van der Waals surface area contributed by atoms with Gasteiger partial charge >= 0.3 is 0 Å². The van der Waals surface area contributed by atoms with Gasteiger partial charge in [-0.05, 0) is 30.8 Å². The molecule has 22 heavy (non-hydrogen) atoms. The maximum absolute atomic E-state index is 12.5. The number of ether oxygens (including phenoxy) is 2. The molecule has 1 aromatic heterocycles. The Balaban J connectivity index is 1.56. The molecule has 6 heteroatoms. The van der Waals surface area contributed by atoms with E-state index in [1.807, 2.05) is 23.4 Å². The smallest absolute Gasteiger partial charge is 0.236 e. The van der Waals surface area contributed by atoms with E-state index in [9.17, 15) is 4.79 Å². The molecule has 3 heterocycles. The van der Waals surface area contributed by atoms with Crippen LogP contribution in [-0.2, 0) is 20.8 Å². The lowest BCUT2D eigenvalue weighted by atomic mass is 10.0. The highest BCUT2D eigenvalue weighted by Gasteiger charge is 2.34. The lowest BCUT2D eigenvalue weighted by Crippen LogP contribution is -2.51. The predicted octanol–water partition coefficient (Wildman–Crippen LogP) is 1.93. The first-order valence-corrected chi connectivity index (χ1v) is 8.85. The first kappa shape index (κ1) is 15.9. The van der Waals surface area contributed by atoms with Crippen molar-refractivity contribution in [2.24, 2.45) is 0 Å². The fraction of sp³-hybridized carbons (Fsp3) is 0.688. The third-order valence-corrected chi connectivity index (χ3v) is 5.22. The van der Waals surface area contributed by atoms with Gasteiger partial charge in [-0.3, -0.25) is 9.69 Å². The number of hydrogen-bond donors (Lipinski definition) is 0. The molecule has 122 valence electrons. The second-order valence-corrected chi connectivity index (χ2v) is 7.00. The zero-order valence-corrected chi connectivity index (χ0v) is 13.9. The van der Waals surface area contributed by atoms with E-state index in [0.29, 0.717) is 26.3 Å². The zero-order valence-electron chi connectivity index (χ0n) is 13.1. The molecule has 0 N–H and O–H groups in total. The first-order valence-electron chi connectivity index (χ1n) is 7.97. The largest absolute Gasteiger partial charge is 0.349 e. The minimum atomic E-state index is -0.157. The molecule has 2 aliphatic heterocycles. The van der Waals surface area contributed by atoms with Gasteiger partial charge < -0.3 is 14.4 Å². The SMILES string of the molecule is CN(Cc1cccs1)C(=O)CN1CCCCC1C1OCCO1. The van der Waals surface area contributed by atoms with Gasteiger partial charge in [0.1, 0.15) is 0 Å². The van der Waals surface area contributed by atoms with E-state index in [4.69, 9.17) is 9.47 Å². The second kappa shape index (κ2) is 7.55. The zero-order chi connectivity index (χ0) is 15.4. The number of amides is 1. The van der Waals surface area contributed by atoms with Crippen LogP contribution < -0.4 is 0 Å². The molecule has 2 aliphatic rings. The van der Waals surface area contributed by atoms with E-state index in [1.54, 1.807) is 11.3 Å². The van der Waals surface area contributed by atoms with Gasteiger partial charge in [-0.15, -0.1) is 11.3 Å². The highest BCUT2D eigenvalue weighted by molar-refractivity contribution is 7.09. The van der Waals surface area contributed by atoms with Gasteiger partial charge in [0.2, 0.25) is 5.91 Å². The summed E-state index contributed by atoms with van der Waals surface area (Å²) in [6.45, 7) is 3.43. The number of carbonyl (C=O) groups excluding carboxylic acids is 1. The van der Waals surface area contributed by atoms with Crippen molar-refractivity contribution in [3.05, 3.63) is 22.4 Å². The molecule has 1 amide bonds. The minimum Gasteiger partial charge on any atom is -0.349 e. The van der Waals surface area contributed by atoms with E-state index >= 15 is 0 Å². The Bertz CT molecular complexity index is 474. The molecule has 0 aromatic carbocycles. The molecule has 1 unspecified atom stereocenters. The minimum absolute atomic E-state index is 0.157. The number of carbonyl (C=O) groups is 1. The molecule has 0 bridgehead atoms. The van der Waals surface area contributed by atoms with E-state index < -0.39 is 0 Å². The van der Waals surface area contributed by atoms with E-state index in [0.717, 1.165) is 19.4 Å². The monoisotopic (exact) mass is 324 g/mol. The highest BCUT2D eigenvalue weighted by atomic mass is 32.1. The molecule has 2 fully saturated rings. The number of likely N-dealkylation sites (N-methyl/N-ethyl adjacent to an activating group) is 1. The molecule has 5 nitrogen and oxygen atoms in total. The Kier molecular flexibility index (Phi) is 5.46. The summed E-state index contributed by atoms with van der Waals surface area (Å²) >= 11 is 1.69. The molecule has 1 aromatic rings. The number of piperidine rings is 1. The van der Waals surface area contributed by atoms with Crippen LogP contribution in [0.2, 0.25) is 0 Å². The molecule has 2 saturated heterocycles. The summed E-state index contributed by atoms with van der Waals surface area (Å²) in [5, 5.41) is 2.04. The van der Waals surface area contributed by atoms with Crippen molar-refractivity contribution >= 4 is 17.2 Å². The van der Waals surface area contributed by atoms with Crippen molar-refractivity contribution in [3.8, 4) is 0 Å². The summed E-state index contributed by atoms with van der Waals surface area (Å²) in [4.78, 5) is 17.8. The molecule has 0 saturated carbocycles. The summed E-state index contributed by atoms with van der Waals surface area (Å²) in [5.41, 5.74) is 0. The first-order chi connectivity index (χ1) is 10.7. The van der Waals surface area contributed by atoms with Crippen LogP contribution in [0.5, 0.6) is 0 Å². The fourth-order valence-electron chi connectivity index (χ4n) is 3.14. The summed E-state index contributed by atoms with van der Waals surface area (Å²) in [6, 6.07) is 4.31. The maximum Gasteiger partial charge on any atom is 0.236 e. The van der Waals surface area contributed by atoms with Gasteiger partial charge in [0.05, 0.1) is 32.3 Å². The third kappa shape index (κ3) is 3.87. The van der Waals surface area contributed by atoms with Crippen LogP contribution in [0.1, 0.15) is 24.1 Å². The number of hydrogen-bond acceptors (Lipinski definition) is 5. The Labute approximate surface area is 135 Å². The number of rotatable bonds is 5. The average molecular weight is 324 g/mol. The van der Waals surface area contributed by atoms with Crippen LogP contribution in [0, 0.1) is 0 Å². The van der Waals surface area contributed by atoms with Crippen molar-refractivity contribution in [1.82, 2.24) is 9.80 Å². The van der Waals surface area contributed by atoms with Crippen molar-refractivity contribution in [1.29, 1.82) is 0 Å². The van der Waals surface area contributed by atoms with Crippen molar-refractivity contribution < 1.29 is 14.3 Å². The molecule has 1 atom stereocenters. The van der Waals surface area contributed by atoms with Crippen LogP contribution in [-0.4, -0.2) is 61.4 Å². The van der Waals surface area contributed by atoms with Gasteiger partial charge in [-0.25, -0.2) is 0 Å². The van der Waals surface area contributed by atoms with Crippen LogP contribution in [0.15, 0.2) is 17.5 Å². The van der Waals surface area contributed by atoms with Gasteiger partial charge in [0.15, 0.2) is 6.29 Å². The Hall–Kier alpha value is -0.950. The Morgan fingerprint density at radius 3 is 2.95 bits per heavy atom. The van der Waals surface area contributed by atoms with Crippen molar-refractivity contribution in [2.45, 2.75) is 38.1 Å². The second-order valence-electron chi connectivity index (χ2n) is 5.97. The lowest BCUT2D eigenvalue weighted by molar-refractivity contribution is -0.139. The summed E-state index contributed by atoms with van der Waals surface area (Å²) in [6.07, 6.45) is 3.22. The topological polar surface area (TPSA) is 42.0 Å². The number of nitrogens with zero attached hydrogens (tertiary/aromatic N) is 2. The number of likely N-dealkylation sites (tertiary alicyclic amines) is 1. The van der Waals surface area contributed by atoms with Crippen LogP contribution in [0.4, 0.5) is 0 Å². The summed E-state index contributed by atoms with van der Waals surface area (Å²) in [7, 11) is 1.88. The van der Waals surface area contributed by atoms with Gasteiger partial charge in [0.25, 0.3) is 0 Å². The lowest BCUT2D eigenvalue weighted by Gasteiger charge is -2.38. The highest BCUT2D eigenvalue weighted by Crippen LogP contribution is 2.24.